The molecule has 2 amide bonds. The molecule has 0 aliphatic heterocycles. The third-order valence-corrected chi connectivity index (χ3v) is 3.96. The molecule has 0 atom stereocenters. The van der Waals surface area contributed by atoms with Gasteiger partial charge in [0.05, 0.1) is 24.9 Å². The van der Waals surface area contributed by atoms with E-state index in [2.05, 4.69) is 27.7 Å². The molecule has 7 heteroatoms. The minimum Gasteiger partial charge on any atom is -0.495 e. The first kappa shape index (κ1) is 19.9. The molecule has 6 nitrogen and oxygen atoms in total. The molecule has 0 spiro atoms. The van der Waals surface area contributed by atoms with Crippen LogP contribution in [0.2, 0.25) is 5.02 Å². The predicted molar refractivity (Wildman–Crippen MR) is 104 cm³/mol. The maximum Gasteiger partial charge on any atom is 0.319 e. The number of hydrogen-bond donors (Lipinski definition) is 2. The van der Waals surface area contributed by atoms with Crippen LogP contribution in [0.4, 0.5) is 10.5 Å². The molecule has 0 aliphatic carbocycles. The molecular formula is C19H24ClN3O3. The highest BCUT2D eigenvalue weighted by molar-refractivity contribution is 6.32. The Kier molecular flexibility index (Phi) is 7.12. The van der Waals surface area contributed by atoms with Gasteiger partial charge >= 0.3 is 6.03 Å². The Labute approximate surface area is 159 Å². The molecule has 0 aromatic heterocycles. The van der Waals surface area contributed by atoms with Crippen molar-refractivity contribution in [2.75, 3.05) is 33.6 Å². The zero-order valence-corrected chi connectivity index (χ0v) is 16.2. The fourth-order valence-electron chi connectivity index (χ4n) is 2.51. The van der Waals surface area contributed by atoms with Crippen LogP contribution in [0.3, 0.4) is 0 Å². The monoisotopic (exact) mass is 377 g/mol. The molecule has 0 fully saturated rings. The lowest BCUT2D eigenvalue weighted by Crippen LogP contribution is -2.28. The summed E-state index contributed by atoms with van der Waals surface area (Å²) >= 11 is 6.07. The Morgan fingerprint density at radius 1 is 1.08 bits per heavy atom. The van der Waals surface area contributed by atoms with Crippen molar-refractivity contribution in [3.05, 3.63) is 52.5 Å². The fourth-order valence-corrected chi connectivity index (χ4v) is 2.74. The molecule has 2 aromatic carbocycles. The molecule has 0 unspecified atom stereocenters. The minimum atomic E-state index is -0.342. The largest absolute Gasteiger partial charge is 0.495 e. The zero-order valence-electron chi connectivity index (χ0n) is 15.4. The number of rotatable bonds is 7. The molecule has 0 saturated heterocycles. The highest BCUT2D eigenvalue weighted by Crippen LogP contribution is 2.35. The van der Waals surface area contributed by atoms with Gasteiger partial charge in [0, 0.05) is 25.2 Å². The number of hydrogen-bond acceptors (Lipinski definition) is 4. The molecule has 0 radical (unpaired) electrons. The second-order valence-electron chi connectivity index (χ2n) is 6.05. The number of methoxy groups -OCH3 is 2. The summed E-state index contributed by atoms with van der Waals surface area (Å²) in [6, 6.07) is 11.0. The number of benzene rings is 2. The van der Waals surface area contributed by atoms with Crippen LogP contribution in [0.5, 0.6) is 11.5 Å². The third kappa shape index (κ3) is 5.54. The van der Waals surface area contributed by atoms with Crippen LogP contribution in [-0.4, -0.2) is 39.2 Å². The van der Waals surface area contributed by atoms with Crippen LogP contribution >= 0.6 is 11.6 Å². The van der Waals surface area contributed by atoms with E-state index in [-0.39, 0.29) is 6.03 Å². The number of urea groups is 1. The number of nitrogens with one attached hydrogen (secondary N) is 2. The van der Waals surface area contributed by atoms with Crippen molar-refractivity contribution in [1.29, 1.82) is 0 Å². The van der Waals surface area contributed by atoms with Gasteiger partial charge in [0.25, 0.3) is 0 Å². The quantitative estimate of drug-likeness (QED) is 0.771. The number of anilines is 1. The van der Waals surface area contributed by atoms with Crippen molar-refractivity contribution in [3.63, 3.8) is 0 Å². The van der Waals surface area contributed by atoms with E-state index in [1.807, 2.05) is 26.2 Å². The molecule has 0 bridgehead atoms. The van der Waals surface area contributed by atoms with Crippen LogP contribution in [-0.2, 0) is 13.1 Å². The van der Waals surface area contributed by atoms with Crippen molar-refractivity contribution in [2.45, 2.75) is 13.1 Å². The summed E-state index contributed by atoms with van der Waals surface area (Å²) in [4.78, 5) is 14.3. The normalized spacial score (nSPS) is 10.5. The van der Waals surface area contributed by atoms with Gasteiger partial charge in [-0.15, -0.1) is 0 Å². The summed E-state index contributed by atoms with van der Waals surface area (Å²) in [5.41, 5.74) is 2.70. The first-order valence-electron chi connectivity index (χ1n) is 8.12. The molecule has 0 aliphatic rings. The van der Waals surface area contributed by atoms with Crippen molar-refractivity contribution < 1.29 is 14.3 Å². The Morgan fingerprint density at radius 2 is 1.77 bits per heavy atom. The molecule has 0 saturated carbocycles. The van der Waals surface area contributed by atoms with Crippen LogP contribution in [0.25, 0.3) is 0 Å². The van der Waals surface area contributed by atoms with Gasteiger partial charge in [0.2, 0.25) is 0 Å². The Morgan fingerprint density at radius 3 is 2.42 bits per heavy atom. The van der Waals surface area contributed by atoms with E-state index < -0.39 is 0 Å². The van der Waals surface area contributed by atoms with E-state index >= 15 is 0 Å². The van der Waals surface area contributed by atoms with E-state index in [0.29, 0.717) is 28.8 Å². The molecular weight excluding hydrogens is 354 g/mol. The van der Waals surface area contributed by atoms with E-state index in [1.54, 1.807) is 12.1 Å². The lowest BCUT2D eigenvalue weighted by molar-refractivity contribution is 0.251. The molecule has 2 aromatic rings. The summed E-state index contributed by atoms with van der Waals surface area (Å²) < 4.78 is 10.4. The second-order valence-corrected chi connectivity index (χ2v) is 6.46. The summed E-state index contributed by atoms with van der Waals surface area (Å²) in [6.07, 6.45) is 0. The Bertz CT molecular complexity index is 766. The highest BCUT2D eigenvalue weighted by Gasteiger charge is 2.12. The van der Waals surface area contributed by atoms with Gasteiger partial charge in [-0.3, -0.25) is 0 Å². The number of carbonyl (C=O) groups is 1. The number of halogens is 1. The summed E-state index contributed by atoms with van der Waals surface area (Å²) in [5, 5.41) is 6.01. The third-order valence-electron chi connectivity index (χ3n) is 3.67. The lowest BCUT2D eigenvalue weighted by Gasteiger charge is -2.14. The number of nitrogens with zero attached hydrogens (tertiary/aromatic N) is 1. The van der Waals surface area contributed by atoms with E-state index in [0.717, 1.165) is 12.1 Å². The van der Waals surface area contributed by atoms with Crippen molar-refractivity contribution >= 4 is 23.3 Å². The maximum absolute atomic E-state index is 12.2. The SMILES string of the molecule is COc1cc(NC(=O)NCc2cccc(CN(C)C)c2)c(OC)cc1Cl. The van der Waals surface area contributed by atoms with Crippen molar-refractivity contribution in [1.82, 2.24) is 10.2 Å². The average Bonchev–Trinajstić information content (AvgIpc) is 2.60. The van der Waals surface area contributed by atoms with E-state index in [9.17, 15) is 4.79 Å². The summed E-state index contributed by atoms with van der Waals surface area (Å²) in [5.74, 6) is 0.915. The Balaban J connectivity index is 2.01. The standard InChI is InChI=1S/C19H24ClN3O3/c1-23(2)12-14-7-5-6-13(8-14)11-21-19(24)22-16-10-17(25-3)15(20)9-18(16)26-4/h5-10H,11-12H2,1-4H3,(H2,21,22,24). The van der Waals surface area contributed by atoms with Crippen LogP contribution in [0, 0.1) is 0 Å². The molecule has 0 heterocycles. The van der Waals surface area contributed by atoms with Crippen LogP contribution < -0.4 is 20.1 Å². The first-order valence-corrected chi connectivity index (χ1v) is 8.49. The van der Waals surface area contributed by atoms with E-state index in [4.69, 9.17) is 21.1 Å². The highest BCUT2D eigenvalue weighted by atomic mass is 35.5. The molecule has 140 valence electrons. The topological polar surface area (TPSA) is 62.8 Å². The lowest BCUT2D eigenvalue weighted by atomic mass is 10.1. The number of carbonyl (C=O) groups excluding carboxylic acids is 1. The van der Waals surface area contributed by atoms with Gasteiger partial charge < -0.3 is 25.0 Å². The first-order chi connectivity index (χ1) is 12.4. The van der Waals surface area contributed by atoms with Gasteiger partial charge in [-0.1, -0.05) is 35.9 Å². The average molecular weight is 378 g/mol. The molecule has 2 N–H and O–H groups in total. The van der Waals surface area contributed by atoms with Gasteiger partial charge in [-0.2, -0.15) is 0 Å². The van der Waals surface area contributed by atoms with Crippen LogP contribution in [0.15, 0.2) is 36.4 Å². The van der Waals surface area contributed by atoms with Gasteiger partial charge in [0.1, 0.15) is 11.5 Å². The van der Waals surface area contributed by atoms with Gasteiger partial charge in [-0.05, 0) is 25.2 Å². The van der Waals surface area contributed by atoms with Gasteiger partial charge in [0.15, 0.2) is 0 Å². The minimum absolute atomic E-state index is 0.342. The second kappa shape index (κ2) is 9.31. The fraction of sp³-hybridized carbons (Fsp3) is 0.316. The Hall–Kier alpha value is -2.44. The summed E-state index contributed by atoms with van der Waals surface area (Å²) in [7, 11) is 7.06. The van der Waals surface area contributed by atoms with E-state index in [1.165, 1.54) is 19.8 Å². The van der Waals surface area contributed by atoms with Gasteiger partial charge in [-0.25, -0.2) is 4.79 Å². The van der Waals surface area contributed by atoms with Crippen LogP contribution in [0.1, 0.15) is 11.1 Å². The number of ether oxygens (including phenoxy) is 2. The smallest absolute Gasteiger partial charge is 0.319 e. The number of amides is 2. The van der Waals surface area contributed by atoms with Crippen molar-refractivity contribution in [3.8, 4) is 11.5 Å². The summed E-state index contributed by atoms with van der Waals surface area (Å²) in [6.45, 7) is 1.27. The maximum atomic E-state index is 12.2. The molecule has 2 rings (SSSR count). The molecule has 26 heavy (non-hydrogen) atoms. The van der Waals surface area contributed by atoms with Crippen molar-refractivity contribution in [2.24, 2.45) is 0 Å². The predicted octanol–water partition coefficient (Wildman–Crippen LogP) is 3.74. The zero-order chi connectivity index (χ0) is 19.1.